The van der Waals surface area contributed by atoms with Gasteiger partial charge >= 0.3 is 0 Å². The van der Waals surface area contributed by atoms with Gasteiger partial charge < -0.3 is 20.9 Å². The number of nitrogens with two attached hydrogens (primary N) is 2. The van der Waals surface area contributed by atoms with E-state index in [1.807, 2.05) is 36.4 Å². The molecule has 0 radical (unpaired) electrons. The summed E-state index contributed by atoms with van der Waals surface area (Å²) in [6.07, 6.45) is 1.52. The molecule has 2 rings (SSSR count). The molecule has 0 atom stereocenters. The van der Waals surface area contributed by atoms with Crippen LogP contribution in [0.4, 0.5) is 0 Å². The van der Waals surface area contributed by atoms with Gasteiger partial charge in [-0.15, -0.1) is 5.10 Å². The molecule has 2 aromatic carbocycles. The maximum atomic E-state index is 5.86. The fourth-order valence-electron chi connectivity index (χ4n) is 1.85. The summed E-state index contributed by atoms with van der Waals surface area (Å²) in [4.78, 5) is 0. The zero-order chi connectivity index (χ0) is 16.7. The summed E-state index contributed by atoms with van der Waals surface area (Å²) in [5.74, 6) is 1.10. The van der Waals surface area contributed by atoms with Gasteiger partial charge in [0.25, 0.3) is 0 Å². The lowest BCUT2D eigenvalue weighted by atomic mass is 10.2. The Morgan fingerprint density at radius 1 is 1.22 bits per heavy atom. The third kappa shape index (κ3) is 5.00. The van der Waals surface area contributed by atoms with Crippen molar-refractivity contribution in [2.75, 3.05) is 7.11 Å². The van der Waals surface area contributed by atoms with E-state index in [2.05, 4.69) is 26.1 Å². The zero-order valence-corrected chi connectivity index (χ0v) is 14.2. The van der Waals surface area contributed by atoms with Crippen LogP contribution in [0.2, 0.25) is 0 Å². The summed E-state index contributed by atoms with van der Waals surface area (Å²) < 4.78 is 12.0. The smallest absolute Gasteiger partial charge is 0.211 e. The molecular formula is C16H17BrN4O2. The van der Waals surface area contributed by atoms with Crippen molar-refractivity contribution in [1.29, 1.82) is 0 Å². The van der Waals surface area contributed by atoms with Crippen molar-refractivity contribution in [3.8, 4) is 11.5 Å². The minimum atomic E-state index is -0.102. The van der Waals surface area contributed by atoms with Gasteiger partial charge in [0, 0.05) is 0 Å². The number of nitrogens with zero attached hydrogens (tertiary/aromatic N) is 2. The maximum absolute atomic E-state index is 5.86. The molecule has 0 saturated carbocycles. The van der Waals surface area contributed by atoms with E-state index < -0.39 is 0 Å². The number of hydrogen-bond donors (Lipinski definition) is 2. The van der Waals surface area contributed by atoms with Gasteiger partial charge in [-0.1, -0.05) is 30.3 Å². The van der Waals surface area contributed by atoms with Crippen LogP contribution in [0.1, 0.15) is 11.1 Å². The minimum absolute atomic E-state index is 0.102. The van der Waals surface area contributed by atoms with Gasteiger partial charge in [-0.25, -0.2) is 0 Å². The lowest BCUT2D eigenvalue weighted by molar-refractivity contribution is 0.282. The van der Waals surface area contributed by atoms with E-state index in [9.17, 15) is 0 Å². The molecule has 0 aliphatic rings. The summed E-state index contributed by atoms with van der Waals surface area (Å²) in [6, 6.07) is 13.5. The number of hydrogen-bond acceptors (Lipinski definition) is 4. The molecule has 0 aliphatic heterocycles. The molecule has 0 fully saturated rings. The van der Waals surface area contributed by atoms with E-state index in [1.54, 1.807) is 13.2 Å². The average molecular weight is 377 g/mol. The molecular weight excluding hydrogens is 360 g/mol. The Morgan fingerprint density at radius 2 is 1.96 bits per heavy atom. The SMILES string of the molecule is COc1cc(/C=N\N=C(N)N)cc(Br)c1OCc1ccccc1. The lowest BCUT2D eigenvalue weighted by Gasteiger charge is -2.13. The van der Waals surface area contributed by atoms with Crippen molar-refractivity contribution in [1.82, 2.24) is 0 Å². The summed E-state index contributed by atoms with van der Waals surface area (Å²) in [5, 5.41) is 7.33. The Balaban J connectivity index is 2.20. The molecule has 0 amide bonds. The third-order valence-electron chi connectivity index (χ3n) is 2.86. The van der Waals surface area contributed by atoms with Crippen LogP contribution in [0.15, 0.2) is 57.1 Å². The molecule has 6 nitrogen and oxygen atoms in total. The Labute approximate surface area is 142 Å². The summed E-state index contributed by atoms with van der Waals surface area (Å²) in [5.41, 5.74) is 12.3. The van der Waals surface area contributed by atoms with E-state index in [0.717, 1.165) is 15.6 Å². The maximum Gasteiger partial charge on any atom is 0.211 e. The van der Waals surface area contributed by atoms with Crippen LogP contribution in [-0.4, -0.2) is 19.3 Å². The van der Waals surface area contributed by atoms with Crippen molar-refractivity contribution in [2.45, 2.75) is 6.61 Å². The highest BCUT2D eigenvalue weighted by molar-refractivity contribution is 9.10. The highest BCUT2D eigenvalue weighted by atomic mass is 79.9. The van der Waals surface area contributed by atoms with Crippen molar-refractivity contribution < 1.29 is 9.47 Å². The Kier molecular flexibility index (Phi) is 5.99. The van der Waals surface area contributed by atoms with Crippen LogP contribution in [0.5, 0.6) is 11.5 Å². The summed E-state index contributed by atoms with van der Waals surface area (Å²) in [7, 11) is 1.58. The molecule has 0 unspecified atom stereocenters. The van der Waals surface area contributed by atoms with Crippen molar-refractivity contribution in [2.24, 2.45) is 21.7 Å². The average Bonchev–Trinajstić information content (AvgIpc) is 2.54. The van der Waals surface area contributed by atoms with E-state index in [0.29, 0.717) is 18.1 Å². The Morgan fingerprint density at radius 3 is 2.61 bits per heavy atom. The second kappa shape index (κ2) is 8.19. The van der Waals surface area contributed by atoms with Crippen LogP contribution in [0.3, 0.4) is 0 Å². The molecule has 0 aliphatic carbocycles. The Hall–Kier alpha value is -2.54. The largest absolute Gasteiger partial charge is 0.493 e. The number of benzene rings is 2. The first kappa shape index (κ1) is 16.8. The molecule has 2 aromatic rings. The molecule has 7 heteroatoms. The van der Waals surface area contributed by atoms with Gasteiger partial charge in [-0.3, -0.25) is 0 Å². The number of guanidine groups is 1. The second-order valence-electron chi connectivity index (χ2n) is 4.58. The van der Waals surface area contributed by atoms with Crippen molar-refractivity contribution in [3.05, 3.63) is 58.1 Å². The van der Waals surface area contributed by atoms with Gasteiger partial charge in [0.2, 0.25) is 5.96 Å². The van der Waals surface area contributed by atoms with Crippen LogP contribution in [0.25, 0.3) is 0 Å². The van der Waals surface area contributed by atoms with Crippen molar-refractivity contribution in [3.63, 3.8) is 0 Å². The minimum Gasteiger partial charge on any atom is -0.493 e. The van der Waals surface area contributed by atoms with Crippen molar-refractivity contribution >= 4 is 28.1 Å². The number of halogens is 1. The standard InChI is InChI=1S/C16H17BrN4O2/c1-22-14-8-12(9-20-21-16(18)19)7-13(17)15(14)23-10-11-5-3-2-4-6-11/h2-9H,10H2,1H3,(H4,18,19,21)/b20-9-. The molecule has 0 aromatic heterocycles. The van der Waals surface area contributed by atoms with E-state index in [1.165, 1.54) is 6.21 Å². The monoisotopic (exact) mass is 376 g/mol. The number of ether oxygens (including phenoxy) is 2. The zero-order valence-electron chi connectivity index (χ0n) is 12.6. The fraction of sp³-hybridized carbons (Fsp3) is 0.125. The first-order chi connectivity index (χ1) is 11.1. The quantitative estimate of drug-likeness (QED) is 0.460. The number of methoxy groups -OCH3 is 1. The van der Waals surface area contributed by atoms with Gasteiger partial charge in [0.1, 0.15) is 6.61 Å². The Bertz CT molecular complexity index is 714. The predicted octanol–water partition coefficient (Wildman–Crippen LogP) is 2.64. The molecule has 4 N–H and O–H groups in total. The third-order valence-corrected chi connectivity index (χ3v) is 3.45. The molecule has 120 valence electrons. The van der Waals surface area contributed by atoms with Crippen LogP contribution in [0, 0.1) is 0 Å². The van der Waals surface area contributed by atoms with Gasteiger partial charge in [-0.05, 0) is 39.2 Å². The van der Waals surface area contributed by atoms with E-state index in [4.69, 9.17) is 20.9 Å². The van der Waals surface area contributed by atoms with Gasteiger partial charge in [0.15, 0.2) is 11.5 Å². The molecule has 0 heterocycles. The second-order valence-corrected chi connectivity index (χ2v) is 5.43. The van der Waals surface area contributed by atoms with Crippen LogP contribution in [-0.2, 0) is 6.61 Å². The lowest BCUT2D eigenvalue weighted by Crippen LogP contribution is -2.21. The normalized spacial score (nSPS) is 10.5. The summed E-state index contributed by atoms with van der Waals surface area (Å²) in [6.45, 7) is 0.442. The van der Waals surface area contributed by atoms with E-state index in [-0.39, 0.29) is 5.96 Å². The summed E-state index contributed by atoms with van der Waals surface area (Å²) >= 11 is 3.48. The number of rotatable bonds is 6. The molecule has 0 spiro atoms. The molecule has 0 bridgehead atoms. The topological polar surface area (TPSA) is 95.2 Å². The molecule has 0 saturated heterocycles. The van der Waals surface area contributed by atoms with Crippen LogP contribution >= 0.6 is 15.9 Å². The van der Waals surface area contributed by atoms with Crippen LogP contribution < -0.4 is 20.9 Å². The highest BCUT2D eigenvalue weighted by Gasteiger charge is 2.11. The first-order valence-electron chi connectivity index (χ1n) is 6.76. The first-order valence-corrected chi connectivity index (χ1v) is 7.55. The van der Waals surface area contributed by atoms with Gasteiger partial charge in [-0.2, -0.15) is 5.10 Å². The fourth-order valence-corrected chi connectivity index (χ4v) is 2.42. The van der Waals surface area contributed by atoms with E-state index >= 15 is 0 Å². The predicted molar refractivity (Wildman–Crippen MR) is 94.9 cm³/mol. The van der Waals surface area contributed by atoms with Gasteiger partial charge in [0.05, 0.1) is 17.8 Å². The molecule has 23 heavy (non-hydrogen) atoms. The highest BCUT2D eigenvalue weighted by Crippen LogP contribution is 2.36.